The predicted octanol–water partition coefficient (Wildman–Crippen LogP) is 4.26. The van der Waals surface area contributed by atoms with Gasteiger partial charge in [-0.25, -0.2) is 0 Å². The average molecular weight is 591 g/mol. The minimum Gasteiger partial charge on any atom is -0.368 e. The normalized spacial score (nSPS) is 19.1. The van der Waals surface area contributed by atoms with Gasteiger partial charge in [0, 0.05) is 61.5 Å². The van der Waals surface area contributed by atoms with Crippen LogP contribution in [-0.4, -0.2) is 65.8 Å². The minimum atomic E-state index is -0.520. The number of thiophene rings is 1. The number of rotatable bonds is 7. The van der Waals surface area contributed by atoms with Crippen molar-refractivity contribution in [3.8, 4) is 0 Å². The van der Waals surface area contributed by atoms with Gasteiger partial charge < -0.3 is 26.2 Å². The van der Waals surface area contributed by atoms with Crippen molar-refractivity contribution in [2.45, 2.75) is 44.2 Å². The largest absolute Gasteiger partial charge is 0.368 e. The van der Waals surface area contributed by atoms with Gasteiger partial charge in [0.2, 0.25) is 0 Å². The second-order valence-electron chi connectivity index (χ2n) is 10.7. The van der Waals surface area contributed by atoms with Crippen LogP contribution in [0.2, 0.25) is 0 Å². The zero-order chi connectivity index (χ0) is 29.6. The Morgan fingerprint density at radius 2 is 1.64 bits per heavy atom. The lowest BCUT2D eigenvalue weighted by Crippen LogP contribution is -2.40. The van der Waals surface area contributed by atoms with Crippen molar-refractivity contribution in [1.82, 2.24) is 10.2 Å². The first-order valence-corrected chi connectivity index (χ1v) is 15.0. The van der Waals surface area contributed by atoms with Crippen LogP contribution in [0.4, 0.5) is 17.1 Å². The molecule has 3 amide bonds. The maximum atomic E-state index is 13.2. The second-order valence-corrected chi connectivity index (χ2v) is 11.6. The lowest BCUT2D eigenvalue weighted by molar-refractivity contribution is -0.384. The molecular formula is C30H34N6O5S. The number of anilines is 2. The molecule has 0 unspecified atom stereocenters. The Morgan fingerprint density at radius 1 is 0.905 bits per heavy atom. The number of nitrogens with two attached hydrogens (primary N) is 1. The molecule has 3 aromatic rings. The van der Waals surface area contributed by atoms with Gasteiger partial charge in [0.05, 0.1) is 21.2 Å². The van der Waals surface area contributed by atoms with Gasteiger partial charge in [0.25, 0.3) is 23.4 Å². The molecule has 11 nitrogen and oxygen atoms in total. The van der Waals surface area contributed by atoms with E-state index >= 15 is 0 Å². The van der Waals surface area contributed by atoms with Gasteiger partial charge in [0.1, 0.15) is 0 Å². The maximum absolute atomic E-state index is 13.2. The van der Waals surface area contributed by atoms with E-state index in [9.17, 15) is 24.5 Å². The van der Waals surface area contributed by atoms with Gasteiger partial charge in [-0.15, -0.1) is 11.3 Å². The lowest BCUT2D eigenvalue weighted by atomic mass is 9.91. The van der Waals surface area contributed by atoms with Gasteiger partial charge in [-0.3, -0.25) is 24.5 Å². The topological polar surface area (TPSA) is 151 Å². The smallest absolute Gasteiger partial charge is 0.269 e. The van der Waals surface area contributed by atoms with Crippen molar-refractivity contribution >= 4 is 46.1 Å². The van der Waals surface area contributed by atoms with Crippen LogP contribution >= 0.6 is 11.3 Å². The summed E-state index contributed by atoms with van der Waals surface area (Å²) < 4.78 is 0. The highest BCUT2D eigenvalue weighted by Crippen LogP contribution is 2.30. The summed E-state index contributed by atoms with van der Waals surface area (Å²) in [4.78, 5) is 54.6. The summed E-state index contributed by atoms with van der Waals surface area (Å²) in [5.41, 5.74) is 7.75. The first-order valence-electron chi connectivity index (χ1n) is 14.1. The molecule has 1 aliphatic carbocycles. The Labute approximate surface area is 247 Å². The Hall–Kier alpha value is -4.29. The minimum absolute atomic E-state index is 0.00855. The molecule has 0 atom stereocenters. The Morgan fingerprint density at radius 3 is 2.33 bits per heavy atom. The van der Waals surface area contributed by atoms with Crippen LogP contribution in [0.25, 0.3) is 0 Å². The molecule has 2 aliphatic rings. The van der Waals surface area contributed by atoms with Crippen LogP contribution in [0.1, 0.15) is 62.5 Å². The van der Waals surface area contributed by atoms with E-state index in [2.05, 4.69) is 15.5 Å². The summed E-state index contributed by atoms with van der Waals surface area (Å²) in [5.74, 6) is -0.667. The summed E-state index contributed by atoms with van der Waals surface area (Å²) in [6.07, 6.45) is 4.11. The van der Waals surface area contributed by atoms with Crippen LogP contribution < -0.4 is 21.3 Å². The van der Waals surface area contributed by atoms with Gasteiger partial charge in [-0.2, -0.15) is 0 Å². The molecule has 1 aliphatic heterocycles. The Balaban J connectivity index is 1.37. The fourth-order valence-corrected chi connectivity index (χ4v) is 6.12. The monoisotopic (exact) mass is 590 g/mol. The van der Waals surface area contributed by atoms with E-state index in [4.69, 9.17) is 5.73 Å². The Kier molecular flexibility index (Phi) is 9.13. The fourth-order valence-electron chi connectivity index (χ4n) is 5.43. The number of benzene rings is 2. The quantitative estimate of drug-likeness (QED) is 0.275. The van der Waals surface area contributed by atoms with Crippen LogP contribution in [0.3, 0.4) is 0 Å². The van der Waals surface area contributed by atoms with Crippen molar-refractivity contribution in [2.75, 3.05) is 36.4 Å². The van der Waals surface area contributed by atoms with Crippen molar-refractivity contribution in [3.05, 3.63) is 86.1 Å². The maximum Gasteiger partial charge on any atom is 0.269 e. The van der Waals surface area contributed by atoms with E-state index in [0.717, 1.165) is 37.8 Å². The summed E-state index contributed by atoms with van der Waals surface area (Å²) in [5, 5.41) is 19.0. The van der Waals surface area contributed by atoms with Crippen LogP contribution in [0, 0.1) is 10.1 Å². The number of hydrogen-bond acceptors (Lipinski definition) is 8. The van der Waals surface area contributed by atoms with Crippen molar-refractivity contribution in [3.63, 3.8) is 0 Å². The van der Waals surface area contributed by atoms with Gasteiger partial charge in [0.15, 0.2) is 0 Å². The molecule has 0 spiro atoms. The molecule has 2 aromatic carbocycles. The number of non-ortho nitro benzene ring substituents is 1. The molecule has 1 aromatic heterocycles. The zero-order valence-corrected chi connectivity index (χ0v) is 24.0. The molecule has 42 heavy (non-hydrogen) atoms. The van der Waals surface area contributed by atoms with Crippen molar-refractivity contribution in [2.24, 2.45) is 5.73 Å². The van der Waals surface area contributed by atoms with Crippen LogP contribution in [0.15, 0.2) is 60.0 Å². The molecule has 0 bridgehead atoms. The van der Waals surface area contributed by atoms with Gasteiger partial charge in [-0.1, -0.05) is 6.07 Å². The van der Waals surface area contributed by atoms with Crippen LogP contribution in [-0.2, 0) is 0 Å². The molecule has 2 fully saturated rings. The SMILES string of the molecule is NC1CCC(NC(=O)c2ccc(N3CCCN(C(=O)c4cccs4)CC3)c(NC(=O)c3ccc([N+](=O)[O-])cc3)c2)CC1. The van der Waals surface area contributed by atoms with Crippen LogP contribution in [0.5, 0.6) is 0 Å². The number of carbonyl (C=O) groups excluding carboxylic acids is 3. The summed E-state index contributed by atoms with van der Waals surface area (Å²) >= 11 is 1.42. The number of nitro groups is 1. The highest BCUT2D eigenvalue weighted by Gasteiger charge is 2.25. The number of nitrogens with one attached hydrogen (secondary N) is 2. The molecule has 12 heteroatoms. The number of nitrogens with zero attached hydrogens (tertiary/aromatic N) is 3. The second kappa shape index (κ2) is 13.1. The molecular weight excluding hydrogens is 556 g/mol. The number of carbonyl (C=O) groups is 3. The van der Waals surface area contributed by atoms with E-state index in [1.54, 1.807) is 12.1 Å². The lowest BCUT2D eigenvalue weighted by Gasteiger charge is -2.28. The highest BCUT2D eigenvalue weighted by atomic mass is 32.1. The molecule has 2 heterocycles. The van der Waals surface area contributed by atoms with E-state index < -0.39 is 10.8 Å². The summed E-state index contributed by atoms with van der Waals surface area (Å²) in [6, 6.07) is 14.5. The molecule has 1 saturated carbocycles. The fraction of sp³-hybridized carbons (Fsp3) is 0.367. The molecule has 1 saturated heterocycles. The zero-order valence-electron chi connectivity index (χ0n) is 23.2. The van der Waals surface area contributed by atoms with E-state index in [1.807, 2.05) is 28.5 Å². The van der Waals surface area contributed by atoms with Gasteiger partial charge in [-0.05, 0) is 73.9 Å². The van der Waals surface area contributed by atoms with E-state index in [-0.39, 0.29) is 35.1 Å². The van der Waals surface area contributed by atoms with Crippen molar-refractivity contribution < 1.29 is 19.3 Å². The highest BCUT2D eigenvalue weighted by molar-refractivity contribution is 7.12. The standard InChI is InChI=1S/C30H34N6O5S/c31-22-7-9-23(10-8-22)32-29(38)21-6-13-26(25(19-21)33-28(37)20-4-11-24(12-5-20)36(40)41)34-14-2-15-35(17-16-34)30(39)27-3-1-18-42-27/h1,3-6,11-13,18-19,22-23H,2,7-10,14-17,31H2,(H,32,38)(H,33,37). The third-order valence-electron chi connectivity index (χ3n) is 7.81. The summed E-state index contributed by atoms with van der Waals surface area (Å²) in [7, 11) is 0. The molecule has 5 rings (SSSR count). The van der Waals surface area contributed by atoms with E-state index in [0.29, 0.717) is 42.3 Å². The number of amides is 3. The number of nitro benzene ring substituents is 1. The van der Waals surface area contributed by atoms with E-state index in [1.165, 1.54) is 35.6 Å². The van der Waals surface area contributed by atoms with Crippen molar-refractivity contribution in [1.29, 1.82) is 0 Å². The molecule has 0 radical (unpaired) electrons. The molecule has 4 N–H and O–H groups in total. The summed E-state index contributed by atoms with van der Waals surface area (Å²) in [6.45, 7) is 2.33. The predicted molar refractivity (Wildman–Crippen MR) is 162 cm³/mol. The first kappa shape index (κ1) is 29.2. The third-order valence-corrected chi connectivity index (χ3v) is 8.67. The molecule has 220 valence electrons. The Bertz CT molecular complexity index is 1440. The van der Waals surface area contributed by atoms with Gasteiger partial charge >= 0.3 is 0 Å². The average Bonchev–Trinajstić information content (AvgIpc) is 3.43. The number of hydrogen-bond donors (Lipinski definition) is 3. The third kappa shape index (κ3) is 6.94. The first-order chi connectivity index (χ1) is 20.3.